The van der Waals surface area contributed by atoms with Crippen LogP contribution in [-0.4, -0.2) is 41.1 Å². The number of hydrogen-bond donors (Lipinski definition) is 2. The second kappa shape index (κ2) is 11.8. The molecule has 3 aromatic rings. The van der Waals surface area contributed by atoms with Crippen LogP contribution in [0.2, 0.25) is 0 Å². The van der Waals surface area contributed by atoms with E-state index in [0.717, 1.165) is 42.0 Å². The normalized spacial score (nSPS) is 14.5. The Morgan fingerprint density at radius 2 is 1.33 bits per heavy atom. The molecule has 0 amide bonds. The minimum absolute atomic E-state index is 0.0671. The van der Waals surface area contributed by atoms with Gasteiger partial charge in [-0.2, -0.15) is 22.0 Å². The molecule has 0 unspecified atom stereocenters. The summed E-state index contributed by atoms with van der Waals surface area (Å²) >= 11 is 1.00. The first-order valence-electron chi connectivity index (χ1n) is 13.2. The van der Waals surface area contributed by atoms with Crippen molar-refractivity contribution in [3.8, 4) is 0 Å². The van der Waals surface area contributed by atoms with Gasteiger partial charge in [-0.25, -0.2) is 21.6 Å². The molecule has 0 saturated carbocycles. The molecule has 240 valence electrons. The molecule has 1 aromatic heterocycles. The van der Waals surface area contributed by atoms with E-state index in [1.54, 1.807) is 0 Å². The molecule has 0 bridgehead atoms. The van der Waals surface area contributed by atoms with Crippen LogP contribution in [-0.2, 0) is 36.9 Å². The number of rotatable bonds is 11. The average Bonchev–Trinajstić information content (AvgIpc) is 3.14. The number of halogens is 2. The van der Waals surface area contributed by atoms with Crippen molar-refractivity contribution in [1.82, 2.24) is 14.1 Å². The first-order valence-corrected chi connectivity index (χ1v) is 18.5. The van der Waals surface area contributed by atoms with Gasteiger partial charge < -0.3 is 4.57 Å². The highest BCUT2D eigenvalue weighted by Crippen LogP contribution is 2.39. The minimum atomic E-state index is -4.82. The third-order valence-corrected chi connectivity index (χ3v) is 11.8. The van der Waals surface area contributed by atoms with Crippen molar-refractivity contribution in [3.05, 3.63) is 47.3 Å². The van der Waals surface area contributed by atoms with Crippen molar-refractivity contribution in [2.24, 2.45) is 23.0 Å². The zero-order valence-corrected chi connectivity index (χ0v) is 28.5. The summed E-state index contributed by atoms with van der Waals surface area (Å²) in [6, 6.07) is 8.14. The Hall–Kier alpha value is -2.40. The molecule has 0 saturated heterocycles. The average molecular weight is 681 g/mol. The molecule has 0 radical (unpaired) electrons. The van der Waals surface area contributed by atoms with E-state index in [1.807, 2.05) is 13.8 Å². The largest absolute Gasteiger partial charge is 0.341 e. The second-order valence-corrected chi connectivity index (χ2v) is 19.4. The molecule has 0 aliphatic rings. The number of sulfonamides is 2. The van der Waals surface area contributed by atoms with Gasteiger partial charge in [-0.05, 0) is 80.0 Å². The monoisotopic (exact) mass is 680 g/mol. The smallest absolute Gasteiger partial charge is 0.318 e. The summed E-state index contributed by atoms with van der Waals surface area (Å²) in [5.74, 6) is -3.58. The Morgan fingerprint density at radius 1 is 0.814 bits per heavy atom. The van der Waals surface area contributed by atoms with E-state index in [4.69, 9.17) is 0 Å². The van der Waals surface area contributed by atoms with Crippen molar-refractivity contribution in [3.63, 3.8) is 0 Å². The van der Waals surface area contributed by atoms with E-state index in [1.165, 1.54) is 29.8 Å². The summed E-state index contributed by atoms with van der Waals surface area (Å²) in [4.78, 5) is 1.28. The molecule has 1 heterocycles. The van der Waals surface area contributed by atoms with Crippen LogP contribution in [0.4, 0.5) is 8.78 Å². The minimum Gasteiger partial charge on any atom is -0.318 e. The molecule has 10 nitrogen and oxygen atoms in total. The topological polar surface area (TPSA) is 144 Å². The number of nitrogens with zero attached hydrogens (tertiary/aromatic N) is 2. The number of benzene rings is 2. The van der Waals surface area contributed by atoms with Crippen LogP contribution in [0.15, 0.2) is 62.3 Å². The van der Waals surface area contributed by atoms with Gasteiger partial charge in [0, 0.05) is 12.6 Å². The molecule has 0 fully saturated rings. The van der Waals surface area contributed by atoms with E-state index in [9.17, 15) is 34.0 Å². The van der Waals surface area contributed by atoms with Crippen molar-refractivity contribution in [1.29, 1.82) is 0 Å². The Bertz CT molecular complexity index is 1890. The molecular formula is C27H38F2N4O6S4. The molecule has 3 rings (SSSR count). The van der Waals surface area contributed by atoms with Gasteiger partial charge in [-0.1, -0.05) is 46.0 Å². The highest BCUT2D eigenvalue weighted by molar-refractivity contribution is 7.91. The van der Waals surface area contributed by atoms with Gasteiger partial charge in [-0.3, -0.25) is 0 Å². The predicted molar refractivity (Wildman–Crippen MR) is 163 cm³/mol. The number of thiazole rings is 1. The van der Waals surface area contributed by atoms with E-state index in [2.05, 4.69) is 49.3 Å². The van der Waals surface area contributed by atoms with E-state index < -0.39 is 46.1 Å². The molecule has 2 aromatic carbocycles. The summed E-state index contributed by atoms with van der Waals surface area (Å²) in [5.41, 5.74) is -0.592. The van der Waals surface area contributed by atoms with Gasteiger partial charge in [0.05, 0.1) is 24.9 Å². The number of alkyl halides is 2. The molecule has 0 aliphatic carbocycles. The fourth-order valence-corrected chi connectivity index (χ4v) is 9.57. The summed E-state index contributed by atoms with van der Waals surface area (Å²) in [5, 5.41) is 3.91. The Kier molecular flexibility index (Phi) is 9.66. The molecule has 0 aliphatic heterocycles. The number of nitrogens with one attached hydrogen (secondary N) is 2. The van der Waals surface area contributed by atoms with Gasteiger partial charge >= 0.3 is 5.76 Å². The maximum absolute atomic E-state index is 13.2. The lowest BCUT2D eigenvalue weighted by Gasteiger charge is -2.39. The summed E-state index contributed by atoms with van der Waals surface area (Å²) in [7, 11) is -11.5. The lowest BCUT2D eigenvalue weighted by molar-refractivity contribution is 0.162. The van der Waals surface area contributed by atoms with Gasteiger partial charge in [0.15, 0.2) is 0 Å². The zero-order valence-electron chi connectivity index (χ0n) is 25.3. The fraction of sp³-hybridized carbons (Fsp3) is 0.519. The van der Waals surface area contributed by atoms with Gasteiger partial charge in [0.25, 0.3) is 10.0 Å². The molecule has 43 heavy (non-hydrogen) atoms. The molecule has 2 N–H and O–H groups in total. The number of aryl methyl sites for hydroxylation is 1. The molecular weight excluding hydrogens is 643 g/mol. The van der Waals surface area contributed by atoms with E-state index in [-0.39, 0.29) is 30.9 Å². The predicted octanol–water partition coefficient (Wildman–Crippen LogP) is 4.94. The zero-order chi connectivity index (χ0) is 32.8. The highest BCUT2D eigenvalue weighted by atomic mass is 32.2. The number of fused-ring (bicyclic) bond motifs is 1. The Morgan fingerprint density at radius 3 is 1.84 bits per heavy atom. The fourth-order valence-electron chi connectivity index (χ4n) is 5.60. The van der Waals surface area contributed by atoms with Gasteiger partial charge in [0.2, 0.25) is 24.7 Å². The number of sulfone groups is 1. The van der Waals surface area contributed by atoms with E-state index in [0.29, 0.717) is 11.1 Å². The van der Waals surface area contributed by atoms with Crippen LogP contribution >= 0.6 is 11.3 Å². The quantitative estimate of drug-likeness (QED) is 0.275. The van der Waals surface area contributed by atoms with Crippen LogP contribution in [0, 0.1) is 10.8 Å². The first kappa shape index (κ1) is 35.1. The van der Waals surface area contributed by atoms with Crippen molar-refractivity contribution >= 4 is 51.4 Å². The van der Waals surface area contributed by atoms with Crippen LogP contribution in [0.3, 0.4) is 0 Å². The van der Waals surface area contributed by atoms with Crippen molar-refractivity contribution in [2.45, 2.75) is 87.3 Å². The van der Waals surface area contributed by atoms with Crippen LogP contribution in [0.25, 0.3) is 10.2 Å². The lowest BCUT2D eigenvalue weighted by atomic mass is 9.71. The third kappa shape index (κ3) is 8.62. The second-order valence-electron chi connectivity index (χ2n) is 13.1. The lowest BCUT2D eigenvalue weighted by Crippen LogP contribution is -2.46. The SMILES string of the molecule is Cn1/c(=N\NS(=O)(=O)c2ccc(S(=O)(=O)NC(C)(C)CC(C)(C)CC(C)(C)C)cc2)sc2ccc(S(=O)(=O)C(F)F)cc21. The third-order valence-electron chi connectivity index (χ3n) is 6.39. The number of aromatic nitrogens is 1. The standard InChI is InChI=1S/C27H38F2N4O6S4/c1-25(2,3)16-26(4,5)17-27(6,7)31-42(36,37)18-9-11-19(12-10-18)43(38,39)32-30-24-33(8)21-15-20(13-14-22(21)40-24)41(34,35)23(28)29/h9-15,23,31-32H,16-17H2,1-8H3/b30-24+. The first-order chi connectivity index (χ1) is 19.4. The van der Waals surface area contributed by atoms with E-state index >= 15 is 0 Å². The summed E-state index contributed by atoms with van der Waals surface area (Å²) in [6.07, 6.45) is 1.46. The molecule has 0 spiro atoms. The maximum atomic E-state index is 13.2. The van der Waals surface area contributed by atoms with Crippen molar-refractivity contribution < 1.29 is 34.0 Å². The van der Waals surface area contributed by atoms with Gasteiger partial charge in [-0.15, -0.1) is 5.10 Å². The highest BCUT2D eigenvalue weighted by Gasteiger charge is 2.35. The van der Waals surface area contributed by atoms with Crippen LogP contribution in [0.5, 0.6) is 0 Å². The van der Waals surface area contributed by atoms with Gasteiger partial charge in [0.1, 0.15) is 0 Å². The van der Waals surface area contributed by atoms with Crippen LogP contribution < -0.4 is 14.4 Å². The van der Waals surface area contributed by atoms with Crippen molar-refractivity contribution in [2.75, 3.05) is 0 Å². The number of hydrogen-bond acceptors (Lipinski definition) is 8. The van der Waals surface area contributed by atoms with Crippen LogP contribution in [0.1, 0.15) is 61.3 Å². The molecule has 16 heteroatoms. The Balaban J connectivity index is 1.82. The Labute approximate surface area is 256 Å². The maximum Gasteiger partial charge on any atom is 0.341 e. The summed E-state index contributed by atoms with van der Waals surface area (Å²) in [6.45, 7) is 14.2. The summed E-state index contributed by atoms with van der Waals surface area (Å²) < 4.78 is 106. The molecule has 0 atom stereocenters.